The van der Waals surface area contributed by atoms with Crippen molar-refractivity contribution >= 4 is 20.8 Å². The van der Waals surface area contributed by atoms with Gasteiger partial charge < -0.3 is 27.5 Å². The van der Waals surface area contributed by atoms with E-state index in [1.807, 2.05) is 45.0 Å². The van der Waals surface area contributed by atoms with Gasteiger partial charge in [-0.15, -0.1) is 0 Å². The minimum Gasteiger partial charge on any atom is -0.465 e. The molecule has 0 bridgehead atoms. The summed E-state index contributed by atoms with van der Waals surface area (Å²) >= 11 is 0. The van der Waals surface area contributed by atoms with Crippen molar-refractivity contribution in [3.05, 3.63) is 35.9 Å². The van der Waals surface area contributed by atoms with E-state index in [-0.39, 0.29) is 6.29 Å². The molecule has 2 unspecified atom stereocenters. The van der Waals surface area contributed by atoms with Crippen LogP contribution in [0.15, 0.2) is 30.3 Å². The summed E-state index contributed by atoms with van der Waals surface area (Å²) in [7, 11) is 1.41. The highest BCUT2D eigenvalue weighted by atomic mass is 28.4. The van der Waals surface area contributed by atoms with Gasteiger partial charge >= 0.3 is 14.8 Å². The molecule has 1 aromatic carbocycles. The number of ether oxygens (including phenoxy) is 3. The Morgan fingerprint density at radius 3 is 2.15 bits per heavy atom. The third-order valence-electron chi connectivity index (χ3n) is 3.87. The van der Waals surface area contributed by atoms with E-state index in [0.717, 1.165) is 5.56 Å². The molecule has 0 aliphatic carbocycles. The van der Waals surface area contributed by atoms with Crippen LogP contribution in [0.3, 0.4) is 0 Å². The number of carbonyl (C=O) groups is 1. The summed E-state index contributed by atoms with van der Waals surface area (Å²) in [5.41, 5.74) is 0.260. The Morgan fingerprint density at radius 1 is 1.07 bits per heavy atom. The van der Waals surface area contributed by atoms with E-state index >= 15 is 0 Å². The van der Waals surface area contributed by atoms with Crippen molar-refractivity contribution < 1.29 is 32.3 Å². The lowest BCUT2D eigenvalue weighted by molar-refractivity contribution is -0.142. The van der Waals surface area contributed by atoms with Gasteiger partial charge in [0.05, 0.1) is 0 Å². The Balaban J connectivity index is 2.69. The molecule has 1 aromatic rings. The van der Waals surface area contributed by atoms with Crippen molar-refractivity contribution in [3.8, 4) is 5.75 Å². The van der Waals surface area contributed by atoms with Gasteiger partial charge in [0.25, 0.3) is 0 Å². The lowest BCUT2D eigenvalue weighted by Gasteiger charge is -2.30. The third-order valence-corrected chi connectivity index (χ3v) is 6.89. The van der Waals surface area contributed by atoms with Crippen LogP contribution < -0.4 is 4.74 Å². The molecule has 1 rings (SSSR count). The van der Waals surface area contributed by atoms with Gasteiger partial charge in [-0.1, -0.05) is 19.1 Å². The molecule has 0 fully saturated rings. The molecule has 0 saturated carbocycles. The van der Waals surface area contributed by atoms with Crippen LogP contribution >= 0.6 is 0 Å². The van der Waals surface area contributed by atoms with E-state index in [0.29, 0.717) is 18.8 Å². The van der Waals surface area contributed by atoms with Crippen LogP contribution in [-0.4, -0.2) is 54.7 Å². The summed E-state index contributed by atoms with van der Waals surface area (Å²) in [6.07, 6.45) is 3.23. The first-order chi connectivity index (χ1) is 12.9. The molecule has 7 nitrogen and oxygen atoms in total. The number of esters is 1. The lowest BCUT2D eigenvalue weighted by atomic mass is 10.2. The van der Waals surface area contributed by atoms with E-state index in [1.165, 1.54) is 27.4 Å². The average molecular weight is 399 g/mol. The Bertz CT molecular complexity index is 576. The molecule has 0 aliphatic rings. The molecule has 27 heavy (non-hydrogen) atoms. The van der Waals surface area contributed by atoms with Crippen LogP contribution in [0.2, 0.25) is 0 Å². The maximum atomic E-state index is 12.2. The van der Waals surface area contributed by atoms with Gasteiger partial charge in [0.15, 0.2) is 12.0 Å². The Morgan fingerprint density at radius 2 is 1.67 bits per heavy atom. The summed E-state index contributed by atoms with van der Waals surface area (Å²) < 4.78 is 32.6. The smallest absolute Gasteiger partial charge is 0.465 e. The monoisotopic (exact) mass is 398 g/mol. The Labute approximate surface area is 162 Å². The first kappa shape index (κ1) is 23.3. The molecule has 0 heterocycles. The van der Waals surface area contributed by atoms with Crippen molar-refractivity contribution in [2.75, 3.05) is 27.9 Å². The van der Waals surface area contributed by atoms with Gasteiger partial charge in [-0.25, -0.2) is 4.79 Å². The second-order valence-electron chi connectivity index (χ2n) is 5.59. The molecular formula is C19H30O7Si. The zero-order chi connectivity index (χ0) is 20.3. The summed E-state index contributed by atoms with van der Waals surface area (Å²) in [6.45, 7) is 6.21. The Hall–Kier alpha value is -1.71. The second kappa shape index (κ2) is 11.9. The van der Waals surface area contributed by atoms with E-state index in [4.69, 9.17) is 27.5 Å². The van der Waals surface area contributed by atoms with E-state index in [9.17, 15) is 4.79 Å². The van der Waals surface area contributed by atoms with Crippen molar-refractivity contribution in [3.63, 3.8) is 0 Å². The minimum atomic E-state index is -3.05. The molecule has 152 valence electrons. The largest absolute Gasteiger partial charge is 0.543 e. The predicted octanol–water partition coefficient (Wildman–Crippen LogP) is 3.20. The van der Waals surface area contributed by atoms with Crippen LogP contribution in [0.4, 0.5) is 0 Å². The number of carbonyl (C=O) groups excluding carboxylic acids is 1. The van der Waals surface area contributed by atoms with Crippen LogP contribution in [-0.2, 0) is 27.5 Å². The molecule has 2 atom stereocenters. The van der Waals surface area contributed by atoms with Crippen LogP contribution in [0.1, 0.15) is 32.8 Å². The van der Waals surface area contributed by atoms with Crippen molar-refractivity contribution in [2.45, 2.75) is 39.2 Å². The fourth-order valence-corrected chi connectivity index (χ4v) is 4.56. The van der Waals surface area contributed by atoms with E-state index in [2.05, 4.69) is 0 Å². The van der Waals surface area contributed by atoms with Gasteiger partial charge in [0.1, 0.15) is 5.75 Å². The summed E-state index contributed by atoms with van der Waals surface area (Å²) in [4.78, 5) is 12.2. The molecule has 0 aromatic heterocycles. The van der Waals surface area contributed by atoms with Crippen molar-refractivity contribution in [1.82, 2.24) is 0 Å². The standard InChI is InChI=1S/C19H30O7Si/c1-7-19(27(21-4,22-5)23-6)26-18(20)14-11-16-9-12-17(13-10-16)25-15(3)24-8-2/h9-15,19H,7-8H2,1-6H3. The molecule has 0 spiro atoms. The van der Waals surface area contributed by atoms with Gasteiger partial charge in [0.2, 0.25) is 0 Å². The van der Waals surface area contributed by atoms with E-state index in [1.54, 1.807) is 6.08 Å². The fourth-order valence-electron chi connectivity index (χ4n) is 2.51. The number of hydrogen-bond acceptors (Lipinski definition) is 7. The highest BCUT2D eigenvalue weighted by molar-refractivity contribution is 6.62. The van der Waals surface area contributed by atoms with Crippen molar-refractivity contribution in [1.29, 1.82) is 0 Å². The molecule has 8 heteroatoms. The summed E-state index contributed by atoms with van der Waals surface area (Å²) in [6, 6.07) is 7.31. The van der Waals surface area contributed by atoms with Crippen molar-refractivity contribution in [2.24, 2.45) is 0 Å². The molecule has 0 saturated heterocycles. The van der Waals surface area contributed by atoms with E-state index < -0.39 is 20.5 Å². The average Bonchev–Trinajstić information content (AvgIpc) is 2.68. The maximum Gasteiger partial charge on any atom is 0.543 e. The zero-order valence-corrected chi connectivity index (χ0v) is 17.9. The summed E-state index contributed by atoms with van der Waals surface area (Å²) in [5.74, 6) is 0.202. The normalized spacial score (nSPS) is 14.1. The number of hydrogen-bond donors (Lipinski definition) is 0. The molecule has 0 aliphatic heterocycles. The van der Waals surface area contributed by atoms with Gasteiger partial charge in [0, 0.05) is 34.0 Å². The quantitative estimate of drug-likeness (QED) is 0.232. The lowest BCUT2D eigenvalue weighted by Crippen LogP contribution is -2.55. The van der Waals surface area contributed by atoms with Crippen LogP contribution in [0.5, 0.6) is 5.75 Å². The molecular weight excluding hydrogens is 368 g/mol. The summed E-state index contributed by atoms with van der Waals surface area (Å²) in [5, 5.41) is 0. The zero-order valence-electron chi connectivity index (χ0n) is 16.9. The minimum absolute atomic E-state index is 0.316. The third kappa shape index (κ3) is 7.08. The SMILES string of the molecule is CCOC(C)Oc1ccc(C=CC(=O)OC(CC)[Si](OC)(OC)OC)cc1. The van der Waals surface area contributed by atoms with Gasteiger partial charge in [-0.05, 0) is 44.0 Å². The molecule has 0 radical (unpaired) electrons. The maximum absolute atomic E-state index is 12.2. The topological polar surface area (TPSA) is 72.5 Å². The number of rotatable bonds is 12. The van der Waals surface area contributed by atoms with Gasteiger partial charge in [-0.2, -0.15) is 0 Å². The predicted molar refractivity (Wildman–Crippen MR) is 104 cm³/mol. The first-order valence-corrected chi connectivity index (χ1v) is 10.7. The second-order valence-corrected chi connectivity index (χ2v) is 8.67. The van der Waals surface area contributed by atoms with Gasteiger partial charge in [-0.3, -0.25) is 0 Å². The highest BCUT2D eigenvalue weighted by Gasteiger charge is 2.49. The molecule has 0 amide bonds. The van der Waals surface area contributed by atoms with Crippen LogP contribution in [0, 0.1) is 0 Å². The molecule has 0 N–H and O–H groups in total. The number of benzene rings is 1. The Kier molecular flexibility index (Phi) is 10.3. The van der Waals surface area contributed by atoms with Crippen LogP contribution in [0.25, 0.3) is 6.08 Å². The first-order valence-electron chi connectivity index (χ1n) is 8.87. The highest BCUT2D eigenvalue weighted by Crippen LogP contribution is 2.19. The fraction of sp³-hybridized carbons (Fsp3) is 0.526.